The van der Waals surface area contributed by atoms with Gasteiger partial charge in [0.05, 0.1) is 0 Å². The molecule has 0 fully saturated rings. The summed E-state index contributed by atoms with van der Waals surface area (Å²) in [6.45, 7) is 3.75. The van der Waals surface area contributed by atoms with Gasteiger partial charge in [-0.05, 0) is 25.0 Å². The number of carbonyl (C=O) groups excluding carboxylic acids is 2. The second-order valence-corrected chi connectivity index (χ2v) is 3.71. The Hall–Kier alpha value is -1.70. The Morgan fingerprint density at radius 3 is 2.60 bits per heavy atom. The van der Waals surface area contributed by atoms with Crippen molar-refractivity contribution in [2.75, 3.05) is 0 Å². The quantitative estimate of drug-likeness (QED) is 0.698. The summed E-state index contributed by atoms with van der Waals surface area (Å²) < 4.78 is 0. The van der Waals surface area contributed by atoms with Crippen molar-refractivity contribution in [1.82, 2.24) is 0 Å². The largest absolute Gasteiger partial charge is 0.289 e. The molecule has 0 N–H and O–H groups in total. The van der Waals surface area contributed by atoms with Gasteiger partial charge in [-0.2, -0.15) is 0 Å². The van der Waals surface area contributed by atoms with Gasteiger partial charge in [0.15, 0.2) is 11.6 Å². The Kier molecular flexibility index (Phi) is 2.27. The lowest BCUT2D eigenvalue weighted by molar-refractivity contribution is 0.0981. The monoisotopic (exact) mass is 200 g/mol. The molecule has 76 valence electrons. The summed E-state index contributed by atoms with van der Waals surface area (Å²) in [5.41, 5.74) is 2.62. The van der Waals surface area contributed by atoms with E-state index in [1.807, 2.05) is 26.0 Å². The zero-order chi connectivity index (χ0) is 11.0. The molecule has 2 rings (SSSR count). The topological polar surface area (TPSA) is 34.1 Å². The van der Waals surface area contributed by atoms with Crippen LogP contribution in [0, 0.1) is 6.92 Å². The minimum atomic E-state index is -0.0508. The molecule has 0 heterocycles. The number of Topliss-reactive ketones (excluding diaryl/α,β-unsaturated/α-hetero) is 1. The van der Waals surface area contributed by atoms with Crippen molar-refractivity contribution in [2.24, 2.45) is 0 Å². The second-order valence-electron chi connectivity index (χ2n) is 3.71. The van der Waals surface area contributed by atoms with Crippen molar-refractivity contribution in [3.05, 3.63) is 46.5 Å². The normalized spacial score (nSPS) is 14.9. The van der Waals surface area contributed by atoms with Crippen molar-refractivity contribution in [3.8, 4) is 0 Å². The minimum Gasteiger partial charge on any atom is -0.289 e. The lowest BCUT2D eigenvalue weighted by Crippen LogP contribution is -2.17. The molecule has 0 spiro atoms. The average Bonchev–Trinajstić information content (AvgIpc) is 2.23. The van der Waals surface area contributed by atoms with Gasteiger partial charge in [-0.25, -0.2) is 0 Å². The maximum absolute atomic E-state index is 12.0. The van der Waals surface area contributed by atoms with Crippen molar-refractivity contribution in [1.29, 1.82) is 0 Å². The van der Waals surface area contributed by atoms with E-state index in [9.17, 15) is 9.59 Å². The number of aryl methyl sites for hydroxylation is 1. The third-order valence-electron chi connectivity index (χ3n) is 2.74. The molecule has 0 amide bonds. The van der Waals surface area contributed by atoms with Gasteiger partial charge in [0.1, 0.15) is 0 Å². The molecule has 1 aliphatic rings. The van der Waals surface area contributed by atoms with E-state index in [1.165, 1.54) is 6.08 Å². The fourth-order valence-corrected chi connectivity index (χ4v) is 1.90. The number of carbonyl (C=O) groups is 2. The molecule has 0 atom stereocenters. The highest BCUT2D eigenvalue weighted by molar-refractivity contribution is 6.25. The predicted octanol–water partition coefficient (Wildman–Crippen LogP) is 2.71. The van der Waals surface area contributed by atoms with Gasteiger partial charge in [-0.15, -0.1) is 0 Å². The van der Waals surface area contributed by atoms with Crippen molar-refractivity contribution in [3.63, 3.8) is 0 Å². The van der Waals surface area contributed by atoms with Crippen LogP contribution in [0.3, 0.4) is 0 Å². The molecule has 0 unspecified atom stereocenters. The van der Waals surface area contributed by atoms with Crippen LogP contribution in [0.4, 0.5) is 0 Å². The maximum Gasteiger partial charge on any atom is 0.190 e. The van der Waals surface area contributed by atoms with Crippen LogP contribution in [-0.4, -0.2) is 11.6 Å². The number of benzene rings is 1. The Morgan fingerprint density at radius 1 is 1.20 bits per heavy atom. The van der Waals surface area contributed by atoms with Crippen LogP contribution in [0.25, 0.3) is 0 Å². The first kappa shape index (κ1) is 9.84. The van der Waals surface area contributed by atoms with Crippen LogP contribution in [0.1, 0.15) is 39.6 Å². The smallest absolute Gasteiger partial charge is 0.190 e. The molecule has 2 nitrogen and oxygen atoms in total. The van der Waals surface area contributed by atoms with E-state index in [0.29, 0.717) is 23.1 Å². The summed E-state index contributed by atoms with van der Waals surface area (Å²) in [7, 11) is 0. The molecule has 1 aromatic rings. The first-order chi connectivity index (χ1) is 7.15. The summed E-state index contributed by atoms with van der Waals surface area (Å²) in [6, 6.07) is 5.39. The van der Waals surface area contributed by atoms with E-state index in [0.717, 1.165) is 5.56 Å². The highest BCUT2D eigenvalue weighted by Gasteiger charge is 2.25. The molecule has 0 aliphatic heterocycles. The van der Waals surface area contributed by atoms with Crippen LogP contribution < -0.4 is 0 Å². The van der Waals surface area contributed by atoms with E-state index >= 15 is 0 Å². The van der Waals surface area contributed by atoms with Crippen molar-refractivity contribution < 1.29 is 9.59 Å². The predicted molar refractivity (Wildman–Crippen MR) is 58.2 cm³/mol. The highest BCUT2D eigenvalue weighted by atomic mass is 16.1. The van der Waals surface area contributed by atoms with Crippen LogP contribution in [-0.2, 0) is 0 Å². The Balaban J connectivity index is 2.68. The maximum atomic E-state index is 12.0. The van der Waals surface area contributed by atoms with Gasteiger partial charge >= 0.3 is 0 Å². The molecule has 0 aromatic heterocycles. The number of fused-ring (bicyclic) bond motifs is 1. The molecule has 0 bridgehead atoms. The zero-order valence-electron chi connectivity index (χ0n) is 8.83. The first-order valence-electron chi connectivity index (χ1n) is 5.04. The van der Waals surface area contributed by atoms with E-state index < -0.39 is 0 Å². The third kappa shape index (κ3) is 1.42. The highest BCUT2D eigenvalue weighted by Crippen LogP contribution is 2.25. The molecular weight excluding hydrogens is 188 g/mol. The number of ketones is 2. The number of rotatable bonds is 1. The first-order valence-corrected chi connectivity index (χ1v) is 5.04. The fourth-order valence-electron chi connectivity index (χ4n) is 1.90. The van der Waals surface area contributed by atoms with Gasteiger partial charge in [-0.3, -0.25) is 9.59 Å². The molecule has 1 aromatic carbocycles. The Morgan fingerprint density at radius 2 is 1.93 bits per heavy atom. The molecule has 15 heavy (non-hydrogen) atoms. The SMILES string of the molecule is CCC1=CC(=O)c2cccc(C)c2C1=O. The Labute approximate surface area is 88.6 Å². The summed E-state index contributed by atoms with van der Waals surface area (Å²) in [6.07, 6.45) is 2.07. The molecule has 2 heteroatoms. The third-order valence-corrected chi connectivity index (χ3v) is 2.74. The lowest BCUT2D eigenvalue weighted by Gasteiger charge is -2.15. The van der Waals surface area contributed by atoms with Crippen molar-refractivity contribution in [2.45, 2.75) is 20.3 Å². The zero-order valence-corrected chi connectivity index (χ0v) is 8.83. The van der Waals surface area contributed by atoms with E-state index in [4.69, 9.17) is 0 Å². The summed E-state index contributed by atoms with van der Waals surface area (Å²) in [5.74, 6) is -0.0460. The van der Waals surface area contributed by atoms with Crippen LogP contribution in [0.15, 0.2) is 29.8 Å². The standard InChI is InChI=1S/C13H12O2/c1-3-9-7-11(14)10-6-4-5-8(2)12(10)13(9)15/h4-7H,3H2,1-2H3. The minimum absolute atomic E-state index is 0.00481. The van der Waals surface area contributed by atoms with Crippen molar-refractivity contribution >= 4 is 11.6 Å². The molecule has 0 saturated carbocycles. The number of hydrogen-bond acceptors (Lipinski definition) is 2. The number of hydrogen-bond donors (Lipinski definition) is 0. The summed E-state index contributed by atoms with van der Waals surface area (Å²) in [5, 5.41) is 0. The van der Waals surface area contributed by atoms with Crippen LogP contribution in [0.5, 0.6) is 0 Å². The van der Waals surface area contributed by atoms with Gasteiger partial charge in [0.25, 0.3) is 0 Å². The second kappa shape index (κ2) is 3.46. The van der Waals surface area contributed by atoms with Gasteiger partial charge in [-0.1, -0.05) is 25.1 Å². The number of allylic oxidation sites excluding steroid dienone is 2. The van der Waals surface area contributed by atoms with Gasteiger partial charge < -0.3 is 0 Å². The van der Waals surface area contributed by atoms with E-state index in [-0.39, 0.29) is 11.6 Å². The molecule has 0 radical (unpaired) electrons. The van der Waals surface area contributed by atoms with Crippen LogP contribution in [0.2, 0.25) is 0 Å². The summed E-state index contributed by atoms with van der Waals surface area (Å²) >= 11 is 0. The molecule has 1 aliphatic carbocycles. The Bertz CT molecular complexity index is 481. The fraction of sp³-hybridized carbons (Fsp3) is 0.231. The molecule has 0 saturated heterocycles. The van der Waals surface area contributed by atoms with Gasteiger partial charge in [0, 0.05) is 16.7 Å². The lowest BCUT2D eigenvalue weighted by atomic mass is 9.86. The van der Waals surface area contributed by atoms with E-state index in [2.05, 4.69) is 0 Å². The van der Waals surface area contributed by atoms with Crippen LogP contribution >= 0.6 is 0 Å². The van der Waals surface area contributed by atoms with Gasteiger partial charge in [0.2, 0.25) is 0 Å². The average molecular weight is 200 g/mol. The molecular formula is C13H12O2. The van der Waals surface area contributed by atoms with E-state index in [1.54, 1.807) is 6.07 Å². The summed E-state index contributed by atoms with van der Waals surface area (Å²) in [4.78, 5) is 23.7.